The average molecular weight is 322 g/mol. The summed E-state index contributed by atoms with van der Waals surface area (Å²) in [4.78, 5) is 0. The first-order chi connectivity index (χ1) is 11.8. The number of fused-ring (bicyclic) bond motifs is 2. The summed E-state index contributed by atoms with van der Waals surface area (Å²) in [5, 5.41) is 16.6. The molecule has 2 aromatic heterocycles. The van der Waals surface area contributed by atoms with Gasteiger partial charge in [0.2, 0.25) is 0 Å². The Morgan fingerprint density at radius 2 is 1.12 bits per heavy atom. The van der Waals surface area contributed by atoms with Crippen LogP contribution in [0.3, 0.4) is 0 Å². The second kappa shape index (κ2) is 5.65. The molecule has 0 spiro atoms. The molecule has 0 N–H and O–H groups in total. The van der Waals surface area contributed by atoms with Gasteiger partial charge in [-0.3, -0.25) is 0 Å². The number of rotatable bonds is 4. The maximum absolute atomic E-state index is 5.56. The third-order valence-electron chi connectivity index (χ3n) is 3.66. The van der Waals surface area contributed by atoms with E-state index in [2.05, 4.69) is 20.6 Å². The molecule has 2 heterocycles. The summed E-state index contributed by atoms with van der Waals surface area (Å²) in [5.41, 5.74) is 3.11. The van der Waals surface area contributed by atoms with Crippen LogP contribution in [-0.2, 0) is 9.47 Å². The summed E-state index contributed by atoms with van der Waals surface area (Å²) >= 11 is 0. The molecule has 120 valence electrons. The topological polar surface area (TPSA) is 79.9 Å². The molecule has 0 bridgehead atoms. The van der Waals surface area contributed by atoms with Gasteiger partial charge in [-0.25, -0.2) is 0 Å². The molecular weight excluding hydrogens is 308 g/mol. The van der Waals surface area contributed by atoms with Gasteiger partial charge in [-0.05, 0) is 24.3 Å². The van der Waals surface area contributed by atoms with Crippen molar-refractivity contribution < 1.29 is 9.47 Å². The fourth-order valence-corrected chi connectivity index (χ4v) is 2.57. The first-order valence-corrected chi connectivity index (χ1v) is 7.27. The van der Waals surface area contributed by atoms with E-state index in [9.17, 15) is 0 Å². The van der Waals surface area contributed by atoms with Crippen LogP contribution in [0.2, 0.25) is 0 Å². The van der Waals surface area contributed by atoms with E-state index in [0.29, 0.717) is 11.8 Å². The number of aromatic nitrogens is 6. The molecule has 0 saturated heterocycles. The van der Waals surface area contributed by atoms with E-state index in [-0.39, 0.29) is 0 Å². The molecule has 24 heavy (non-hydrogen) atoms. The number of benzene rings is 2. The number of para-hydroxylation sites is 2. The van der Waals surface area contributed by atoms with Crippen molar-refractivity contribution in [1.29, 1.82) is 0 Å². The van der Waals surface area contributed by atoms with Gasteiger partial charge in [0.05, 0.1) is 25.3 Å². The second-order valence-corrected chi connectivity index (χ2v) is 5.00. The molecule has 8 nitrogen and oxygen atoms in total. The van der Waals surface area contributed by atoms with Crippen LogP contribution in [-0.4, -0.2) is 44.2 Å². The van der Waals surface area contributed by atoms with Gasteiger partial charge in [-0.15, -0.1) is 10.2 Å². The molecule has 0 unspecified atom stereocenters. The van der Waals surface area contributed by atoms with E-state index >= 15 is 0 Å². The van der Waals surface area contributed by atoms with Gasteiger partial charge >= 0.3 is 0 Å². The Kier molecular flexibility index (Phi) is 3.34. The molecule has 0 fully saturated rings. The Morgan fingerprint density at radius 1 is 0.708 bits per heavy atom. The van der Waals surface area contributed by atoms with Gasteiger partial charge in [0.25, 0.3) is 11.8 Å². The molecule has 0 atom stereocenters. The Balaban J connectivity index is 1.98. The molecule has 0 aliphatic carbocycles. The van der Waals surface area contributed by atoms with E-state index in [1.807, 2.05) is 48.5 Å². The van der Waals surface area contributed by atoms with Gasteiger partial charge in [0.1, 0.15) is 11.0 Å². The summed E-state index contributed by atoms with van der Waals surface area (Å²) in [6.07, 6.45) is 0. The summed E-state index contributed by atoms with van der Waals surface area (Å²) in [7, 11) is 3.09. The van der Waals surface area contributed by atoms with Crippen molar-refractivity contribution in [2.45, 2.75) is 0 Å². The Labute approximate surface area is 136 Å². The quantitative estimate of drug-likeness (QED) is 0.536. The smallest absolute Gasteiger partial charge is 0.281 e. The maximum atomic E-state index is 5.56. The highest BCUT2D eigenvalue weighted by Crippen LogP contribution is 2.23. The van der Waals surface area contributed by atoms with Crippen molar-refractivity contribution in [2.24, 2.45) is 0 Å². The lowest BCUT2D eigenvalue weighted by Crippen LogP contribution is -2.11. The molecule has 0 saturated carbocycles. The van der Waals surface area contributed by atoms with E-state index < -0.39 is 0 Å². The standard InChI is InChI=1S/C16H14N6O2/c1-23-15(21-13-9-5-3-7-11(13)17-19-21)16(24-2)22-14-10-6-4-8-12(14)18-20-22/h3-10H,1-2H3. The first kappa shape index (κ1) is 14.2. The third-order valence-corrected chi connectivity index (χ3v) is 3.66. The van der Waals surface area contributed by atoms with Crippen molar-refractivity contribution in [3.8, 4) is 0 Å². The fourth-order valence-electron chi connectivity index (χ4n) is 2.57. The van der Waals surface area contributed by atoms with Crippen LogP contribution in [0.25, 0.3) is 33.8 Å². The third kappa shape index (κ3) is 2.08. The van der Waals surface area contributed by atoms with Crippen LogP contribution in [0, 0.1) is 0 Å². The molecule has 0 aliphatic rings. The fraction of sp³-hybridized carbons (Fsp3) is 0.125. The van der Waals surface area contributed by atoms with E-state index in [1.54, 1.807) is 23.6 Å². The molecule has 2 aromatic carbocycles. The lowest BCUT2D eigenvalue weighted by atomic mass is 10.3. The van der Waals surface area contributed by atoms with Gasteiger partial charge in [0, 0.05) is 0 Å². The number of hydrogen-bond acceptors (Lipinski definition) is 6. The molecule has 0 aliphatic heterocycles. The lowest BCUT2D eigenvalue weighted by molar-refractivity contribution is 0.288. The SMILES string of the molecule is COC(=C(OC)n1nnc2ccccc21)n1nnc2ccccc21. The van der Waals surface area contributed by atoms with E-state index in [1.165, 1.54) is 0 Å². The zero-order chi connectivity index (χ0) is 16.5. The van der Waals surface area contributed by atoms with Crippen LogP contribution in [0.5, 0.6) is 0 Å². The lowest BCUT2D eigenvalue weighted by Gasteiger charge is -2.13. The zero-order valence-corrected chi connectivity index (χ0v) is 13.1. The Hall–Kier alpha value is -3.42. The minimum atomic E-state index is 0.363. The first-order valence-electron chi connectivity index (χ1n) is 7.27. The van der Waals surface area contributed by atoms with Crippen molar-refractivity contribution in [3.63, 3.8) is 0 Å². The van der Waals surface area contributed by atoms with Crippen molar-refractivity contribution in [1.82, 2.24) is 30.0 Å². The number of hydrogen-bond donors (Lipinski definition) is 0. The van der Waals surface area contributed by atoms with Crippen molar-refractivity contribution in [2.75, 3.05) is 14.2 Å². The van der Waals surface area contributed by atoms with Gasteiger partial charge < -0.3 is 9.47 Å². The predicted molar refractivity (Wildman–Crippen MR) is 88.5 cm³/mol. The maximum Gasteiger partial charge on any atom is 0.281 e. The average Bonchev–Trinajstić information content (AvgIpc) is 3.24. The summed E-state index contributed by atoms with van der Waals surface area (Å²) in [5.74, 6) is 0.726. The number of nitrogens with zero attached hydrogens (tertiary/aromatic N) is 6. The molecule has 4 rings (SSSR count). The van der Waals surface area contributed by atoms with Crippen LogP contribution >= 0.6 is 0 Å². The van der Waals surface area contributed by atoms with Crippen LogP contribution in [0.4, 0.5) is 0 Å². The normalized spacial score (nSPS) is 12.4. The number of ether oxygens (including phenoxy) is 2. The highest BCUT2D eigenvalue weighted by Gasteiger charge is 2.20. The summed E-state index contributed by atoms with van der Waals surface area (Å²) in [6.45, 7) is 0. The van der Waals surface area contributed by atoms with Gasteiger partial charge in [-0.2, -0.15) is 9.36 Å². The molecule has 8 heteroatoms. The minimum Gasteiger partial charge on any atom is -0.477 e. The van der Waals surface area contributed by atoms with Crippen LogP contribution in [0.15, 0.2) is 48.5 Å². The summed E-state index contributed by atoms with van der Waals surface area (Å²) in [6, 6.07) is 15.2. The zero-order valence-electron chi connectivity index (χ0n) is 13.1. The van der Waals surface area contributed by atoms with Crippen LogP contribution < -0.4 is 0 Å². The van der Waals surface area contributed by atoms with Crippen LogP contribution in [0.1, 0.15) is 0 Å². The molecular formula is C16H14N6O2. The number of methoxy groups -OCH3 is 2. The van der Waals surface area contributed by atoms with Crippen molar-refractivity contribution in [3.05, 3.63) is 48.5 Å². The molecule has 0 radical (unpaired) electrons. The second-order valence-electron chi connectivity index (χ2n) is 5.00. The Morgan fingerprint density at radius 3 is 1.54 bits per heavy atom. The van der Waals surface area contributed by atoms with E-state index in [0.717, 1.165) is 22.1 Å². The van der Waals surface area contributed by atoms with Crippen molar-refractivity contribution >= 4 is 33.8 Å². The molecule has 0 amide bonds. The monoisotopic (exact) mass is 322 g/mol. The largest absolute Gasteiger partial charge is 0.477 e. The highest BCUT2D eigenvalue weighted by atomic mass is 16.5. The van der Waals surface area contributed by atoms with Gasteiger partial charge in [0.15, 0.2) is 0 Å². The predicted octanol–water partition coefficient (Wildman–Crippen LogP) is 2.21. The minimum absolute atomic E-state index is 0.363. The Bertz CT molecular complexity index is 965. The van der Waals surface area contributed by atoms with E-state index in [4.69, 9.17) is 9.47 Å². The summed E-state index contributed by atoms with van der Waals surface area (Å²) < 4.78 is 14.3. The highest BCUT2D eigenvalue weighted by molar-refractivity contribution is 5.82. The molecule has 4 aromatic rings. The van der Waals surface area contributed by atoms with Gasteiger partial charge in [-0.1, -0.05) is 34.7 Å².